The van der Waals surface area contributed by atoms with Gasteiger partial charge >= 0.3 is 0 Å². The van der Waals surface area contributed by atoms with Gasteiger partial charge in [-0.2, -0.15) is 0 Å². The molecule has 0 radical (unpaired) electrons. The third-order valence-corrected chi connectivity index (χ3v) is 5.89. The normalized spacial score (nSPS) is 15.3. The second kappa shape index (κ2) is 9.12. The van der Waals surface area contributed by atoms with Gasteiger partial charge in [0.2, 0.25) is 0 Å². The van der Waals surface area contributed by atoms with Crippen LogP contribution in [-0.4, -0.2) is 70.2 Å². The Labute approximate surface area is 184 Å². The van der Waals surface area contributed by atoms with Gasteiger partial charge in [0.15, 0.2) is 16.8 Å². The van der Waals surface area contributed by atoms with Crippen LogP contribution < -0.4 is 5.43 Å². The van der Waals surface area contributed by atoms with Crippen molar-refractivity contribution in [1.29, 1.82) is 0 Å². The Kier molecular flexibility index (Phi) is 6.27. The minimum atomic E-state index is -0.560. The van der Waals surface area contributed by atoms with Crippen molar-refractivity contribution in [3.63, 3.8) is 0 Å². The fourth-order valence-electron chi connectivity index (χ4n) is 4.19. The molecule has 8 nitrogen and oxygen atoms in total. The molecule has 1 aromatic heterocycles. The number of hydrogen-bond donors (Lipinski definition) is 3. The first kappa shape index (κ1) is 22.0. The number of phenols is 2. The van der Waals surface area contributed by atoms with Crippen molar-refractivity contribution in [1.82, 2.24) is 9.80 Å². The van der Waals surface area contributed by atoms with Crippen molar-refractivity contribution in [3.8, 4) is 22.8 Å². The number of piperazine rings is 1. The summed E-state index contributed by atoms with van der Waals surface area (Å²) in [5.74, 6) is -1.16. The minimum absolute atomic E-state index is 0.0779. The lowest BCUT2D eigenvalue weighted by atomic mass is 9.98. The number of phenolic OH excluding ortho intramolecular Hbond substituents is 2. The van der Waals surface area contributed by atoms with E-state index in [0.29, 0.717) is 36.5 Å². The third kappa shape index (κ3) is 4.12. The molecular formula is C24H26N2O6. The van der Waals surface area contributed by atoms with E-state index in [-0.39, 0.29) is 35.4 Å². The number of rotatable bonds is 6. The van der Waals surface area contributed by atoms with Crippen LogP contribution in [0.4, 0.5) is 0 Å². The number of ketones is 1. The van der Waals surface area contributed by atoms with Crippen molar-refractivity contribution in [2.45, 2.75) is 13.5 Å². The van der Waals surface area contributed by atoms with Crippen LogP contribution in [0.25, 0.3) is 22.3 Å². The van der Waals surface area contributed by atoms with Crippen molar-refractivity contribution in [3.05, 3.63) is 57.7 Å². The molecule has 3 N–H and O–H groups in total. The molecule has 2 heterocycles. The van der Waals surface area contributed by atoms with Gasteiger partial charge < -0.3 is 19.7 Å². The molecule has 0 saturated carbocycles. The third-order valence-electron chi connectivity index (χ3n) is 5.89. The first-order valence-corrected chi connectivity index (χ1v) is 10.6. The number of β-amino-alcohol motifs (C(OH)–C–C–N with tert-alkyl or cyclic N) is 1. The molecule has 0 atom stereocenters. The molecule has 8 heteroatoms. The molecule has 0 unspecified atom stereocenters. The van der Waals surface area contributed by atoms with Gasteiger partial charge in [0.1, 0.15) is 28.2 Å². The summed E-state index contributed by atoms with van der Waals surface area (Å²) in [4.78, 5) is 29.4. The van der Waals surface area contributed by atoms with Gasteiger partial charge in [-0.3, -0.25) is 19.4 Å². The number of carbonyl (C=O) groups excluding carboxylic acids is 1. The van der Waals surface area contributed by atoms with Crippen LogP contribution in [0.2, 0.25) is 0 Å². The summed E-state index contributed by atoms with van der Waals surface area (Å²) in [7, 11) is 0. The number of carbonyl (C=O) groups is 1. The Morgan fingerprint density at radius 1 is 1.03 bits per heavy atom. The molecule has 1 saturated heterocycles. The first-order valence-electron chi connectivity index (χ1n) is 10.6. The van der Waals surface area contributed by atoms with Crippen LogP contribution >= 0.6 is 0 Å². The second-order valence-corrected chi connectivity index (χ2v) is 7.99. The lowest BCUT2D eigenvalue weighted by Crippen LogP contribution is -2.46. The zero-order valence-corrected chi connectivity index (χ0v) is 17.9. The number of Topliss-reactive ketones (excluding diaryl/α,β-unsaturated/α-hetero) is 1. The quantitative estimate of drug-likeness (QED) is 0.502. The summed E-state index contributed by atoms with van der Waals surface area (Å²) < 4.78 is 6.06. The van der Waals surface area contributed by atoms with E-state index >= 15 is 0 Å². The summed E-state index contributed by atoms with van der Waals surface area (Å²) in [6, 6.07) is 10.4. The fraction of sp³-hybridized carbons (Fsp3) is 0.333. The van der Waals surface area contributed by atoms with Crippen molar-refractivity contribution in [2.24, 2.45) is 0 Å². The summed E-state index contributed by atoms with van der Waals surface area (Å²) in [6.07, 6.45) is 0. The summed E-state index contributed by atoms with van der Waals surface area (Å²) in [6.45, 7) is 5.03. The van der Waals surface area contributed by atoms with Crippen molar-refractivity contribution in [2.75, 3.05) is 39.3 Å². The Bertz CT molecular complexity index is 1200. The fourth-order valence-corrected chi connectivity index (χ4v) is 4.19. The molecule has 0 spiro atoms. The van der Waals surface area contributed by atoms with Crippen LogP contribution in [0.5, 0.6) is 11.5 Å². The molecule has 32 heavy (non-hydrogen) atoms. The summed E-state index contributed by atoms with van der Waals surface area (Å²) >= 11 is 0. The Balaban J connectivity index is 1.85. The molecule has 1 fully saturated rings. The molecule has 0 bridgehead atoms. The minimum Gasteiger partial charge on any atom is -0.507 e. The monoisotopic (exact) mass is 438 g/mol. The molecule has 1 aliphatic rings. The summed E-state index contributed by atoms with van der Waals surface area (Å²) in [5, 5.41) is 30.7. The predicted octanol–water partition coefficient (Wildman–Crippen LogP) is 2.18. The van der Waals surface area contributed by atoms with E-state index in [1.807, 2.05) is 18.2 Å². The maximum atomic E-state index is 13.0. The molecule has 0 aliphatic carbocycles. The van der Waals surface area contributed by atoms with E-state index < -0.39 is 17.0 Å². The lowest BCUT2D eigenvalue weighted by molar-refractivity contribution is 0.101. The van der Waals surface area contributed by atoms with E-state index in [1.165, 1.54) is 13.0 Å². The highest BCUT2D eigenvalue weighted by Crippen LogP contribution is 2.40. The number of fused-ring (bicyclic) bond motifs is 1. The molecule has 0 amide bonds. The van der Waals surface area contributed by atoms with Gasteiger partial charge in [-0.25, -0.2) is 0 Å². The van der Waals surface area contributed by atoms with Gasteiger partial charge in [-0.1, -0.05) is 30.3 Å². The van der Waals surface area contributed by atoms with Crippen LogP contribution in [0.15, 0.2) is 45.6 Å². The average Bonchev–Trinajstić information content (AvgIpc) is 2.78. The van der Waals surface area contributed by atoms with Gasteiger partial charge in [0.25, 0.3) is 0 Å². The highest BCUT2D eigenvalue weighted by molar-refractivity contribution is 6.06. The van der Waals surface area contributed by atoms with E-state index in [9.17, 15) is 19.8 Å². The maximum Gasteiger partial charge on any atom is 0.197 e. The highest BCUT2D eigenvalue weighted by atomic mass is 16.3. The number of aliphatic hydroxyl groups is 1. The van der Waals surface area contributed by atoms with E-state index in [4.69, 9.17) is 9.52 Å². The van der Waals surface area contributed by atoms with Crippen LogP contribution in [0.1, 0.15) is 22.8 Å². The smallest absolute Gasteiger partial charge is 0.197 e. The van der Waals surface area contributed by atoms with E-state index in [2.05, 4.69) is 9.80 Å². The Morgan fingerprint density at radius 3 is 2.31 bits per heavy atom. The molecule has 4 rings (SSSR count). The van der Waals surface area contributed by atoms with Gasteiger partial charge in [-0.05, 0) is 6.92 Å². The van der Waals surface area contributed by atoms with Crippen molar-refractivity contribution >= 4 is 16.8 Å². The largest absolute Gasteiger partial charge is 0.507 e. The van der Waals surface area contributed by atoms with Crippen LogP contribution in [0, 0.1) is 0 Å². The SMILES string of the molecule is CC(=O)c1c(O)c(CN2CCN(CCO)CC2)c2oc(-c3ccccc3)cc(=O)c2c1O. The zero-order valence-electron chi connectivity index (χ0n) is 17.9. The molecular weight excluding hydrogens is 412 g/mol. The topological polar surface area (TPSA) is 114 Å². The van der Waals surface area contributed by atoms with Gasteiger partial charge in [-0.15, -0.1) is 0 Å². The predicted molar refractivity (Wildman–Crippen MR) is 120 cm³/mol. The van der Waals surface area contributed by atoms with Gasteiger partial charge in [0.05, 0.1) is 12.2 Å². The maximum absolute atomic E-state index is 13.0. The first-order chi connectivity index (χ1) is 15.4. The summed E-state index contributed by atoms with van der Waals surface area (Å²) in [5.41, 5.74) is 0.303. The van der Waals surface area contributed by atoms with Crippen LogP contribution in [-0.2, 0) is 6.54 Å². The average molecular weight is 438 g/mol. The number of hydrogen-bond acceptors (Lipinski definition) is 8. The highest BCUT2D eigenvalue weighted by Gasteiger charge is 2.28. The van der Waals surface area contributed by atoms with Gasteiger partial charge in [0, 0.05) is 50.9 Å². The van der Waals surface area contributed by atoms with E-state index in [1.54, 1.807) is 12.1 Å². The number of nitrogens with zero attached hydrogens (tertiary/aromatic N) is 2. The lowest BCUT2D eigenvalue weighted by Gasteiger charge is -2.34. The van der Waals surface area contributed by atoms with Crippen LogP contribution in [0.3, 0.4) is 0 Å². The standard InChI is InChI=1S/C24H26N2O6/c1-15(28)20-22(30)17(14-26-9-7-25(8-10-26)11-12-27)24-21(23(20)31)18(29)13-19(32-24)16-5-3-2-4-6-16/h2-6,13,27,30-31H,7-12,14H2,1H3. The molecule has 168 valence electrons. The molecule has 1 aliphatic heterocycles. The number of aliphatic hydroxyl groups excluding tert-OH is 1. The molecule has 2 aromatic carbocycles. The van der Waals surface area contributed by atoms with E-state index in [0.717, 1.165) is 13.1 Å². The second-order valence-electron chi connectivity index (χ2n) is 7.99. The number of benzene rings is 2. The number of aromatic hydroxyl groups is 2. The van der Waals surface area contributed by atoms with Crippen molar-refractivity contribution < 1.29 is 24.5 Å². The zero-order chi connectivity index (χ0) is 22.8. The Hall–Kier alpha value is -3.20. The molecule has 3 aromatic rings. The Morgan fingerprint density at radius 2 is 1.69 bits per heavy atom.